The summed E-state index contributed by atoms with van der Waals surface area (Å²) in [7, 11) is 1.54. The van der Waals surface area contributed by atoms with Crippen molar-refractivity contribution in [3.8, 4) is 0 Å². The van der Waals surface area contributed by atoms with Crippen molar-refractivity contribution in [2.45, 2.75) is 44.6 Å². The molecule has 2 atom stereocenters. The standard InChI is InChI=1S/C22H25F2N3O/c1-5-14-7-6-8-17(13-14)21(2)18(19(28)27(4)20(25)26-21)15-9-11-16(12-10-15)22(3,23)24/h6-13,18H,5H2,1-4H3,(H2,25,26)/t18-,21+/m0/s1. The van der Waals surface area contributed by atoms with E-state index in [2.05, 4.69) is 12.2 Å². The van der Waals surface area contributed by atoms with Gasteiger partial charge in [-0.25, -0.2) is 8.78 Å². The minimum absolute atomic E-state index is 0.0161. The van der Waals surface area contributed by atoms with Gasteiger partial charge in [0, 0.05) is 19.5 Å². The molecule has 28 heavy (non-hydrogen) atoms. The molecule has 0 bridgehead atoms. The number of aryl methyl sites for hydroxylation is 1. The van der Waals surface area contributed by atoms with Crippen molar-refractivity contribution >= 4 is 11.9 Å². The molecule has 1 aliphatic heterocycles. The second-order valence-corrected chi connectivity index (χ2v) is 7.57. The number of guanidine groups is 1. The van der Waals surface area contributed by atoms with E-state index in [1.54, 1.807) is 19.2 Å². The largest absolute Gasteiger partial charge is 0.346 e. The summed E-state index contributed by atoms with van der Waals surface area (Å²) in [4.78, 5) is 14.4. The molecule has 3 rings (SSSR count). The molecule has 0 spiro atoms. The van der Waals surface area contributed by atoms with Gasteiger partial charge in [-0.3, -0.25) is 15.1 Å². The first-order valence-corrected chi connectivity index (χ1v) is 9.30. The van der Waals surface area contributed by atoms with E-state index in [0.29, 0.717) is 5.56 Å². The third-order valence-corrected chi connectivity index (χ3v) is 5.55. The van der Waals surface area contributed by atoms with Crippen molar-refractivity contribution in [3.05, 3.63) is 70.8 Å². The summed E-state index contributed by atoms with van der Waals surface area (Å²) < 4.78 is 27.2. The van der Waals surface area contributed by atoms with Crippen LogP contribution in [-0.4, -0.2) is 23.8 Å². The number of amides is 1. The maximum absolute atomic E-state index is 13.6. The molecule has 2 aromatic carbocycles. The molecule has 0 saturated carbocycles. The Hall–Kier alpha value is -2.76. The molecule has 148 valence electrons. The fourth-order valence-corrected chi connectivity index (χ4v) is 3.75. The molecule has 1 heterocycles. The summed E-state index contributed by atoms with van der Waals surface area (Å²) in [5.74, 6) is -3.82. The first-order chi connectivity index (χ1) is 13.1. The van der Waals surface area contributed by atoms with Crippen LogP contribution < -0.4 is 5.32 Å². The SMILES string of the molecule is CCc1cccc([C@@]2(C)NC(=N)N(C)C(=O)[C@@H]2c2ccc(C(C)(F)F)cc2)c1. The van der Waals surface area contributed by atoms with Gasteiger partial charge in [-0.05, 0) is 30.0 Å². The Bertz CT molecular complexity index is 905. The highest BCUT2D eigenvalue weighted by Gasteiger charge is 2.48. The highest BCUT2D eigenvalue weighted by Crippen LogP contribution is 2.41. The van der Waals surface area contributed by atoms with Gasteiger partial charge in [0.1, 0.15) is 0 Å². The van der Waals surface area contributed by atoms with Gasteiger partial charge in [-0.2, -0.15) is 0 Å². The summed E-state index contributed by atoms with van der Waals surface area (Å²) in [6.45, 7) is 4.79. The van der Waals surface area contributed by atoms with Crippen molar-refractivity contribution in [3.63, 3.8) is 0 Å². The Balaban J connectivity index is 2.13. The number of likely N-dealkylation sites (N-methyl/N-ethyl adjacent to an activating group) is 1. The molecule has 1 saturated heterocycles. The van der Waals surface area contributed by atoms with Gasteiger partial charge in [-0.1, -0.05) is 55.5 Å². The van der Waals surface area contributed by atoms with Gasteiger partial charge in [-0.15, -0.1) is 0 Å². The van der Waals surface area contributed by atoms with Crippen molar-refractivity contribution in [2.24, 2.45) is 0 Å². The lowest BCUT2D eigenvalue weighted by Gasteiger charge is -2.46. The van der Waals surface area contributed by atoms with Gasteiger partial charge < -0.3 is 5.32 Å². The number of nitrogens with zero attached hydrogens (tertiary/aromatic N) is 1. The molecule has 1 fully saturated rings. The van der Waals surface area contributed by atoms with Crippen molar-refractivity contribution < 1.29 is 13.6 Å². The topological polar surface area (TPSA) is 56.2 Å². The van der Waals surface area contributed by atoms with Crippen LogP contribution in [-0.2, 0) is 22.7 Å². The zero-order valence-electron chi connectivity index (χ0n) is 16.5. The number of hydrogen-bond donors (Lipinski definition) is 2. The molecule has 6 heteroatoms. The van der Waals surface area contributed by atoms with Crippen LogP contribution in [0.1, 0.15) is 48.9 Å². The number of rotatable bonds is 4. The van der Waals surface area contributed by atoms with Gasteiger partial charge in [0.05, 0.1) is 11.5 Å². The van der Waals surface area contributed by atoms with E-state index < -0.39 is 17.4 Å². The summed E-state index contributed by atoms with van der Waals surface area (Å²) >= 11 is 0. The quantitative estimate of drug-likeness (QED) is 0.822. The van der Waals surface area contributed by atoms with Gasteiger partial charge in [0.15, 0.2) is 5.96 Å². The average Bonchev–Trinajstić information content (AvgIpc) is 2.66. The van der Waals surface area contributed by atoms with E-state index in [9.17, 15) is 13.6 Å². The third-order valence-electron chi connectivity index (χ3n) is 5.55. The third kappa shape index (κ3) is 3.39. The van der Waals surface area contributed by atoms with Crippen molar-refractivity contribution in [1.82, 2.24) is 10.2 Å². The van der Waals surface area contributed by atoms with E-state index >= 15 is 0 Å². The van der Waals surface area contributed by atoms with Gasteiger partial charge in [0.25, 0.3) is 5.92 Å². The van der Waals surface area contributed by atoms with Gasteiger partial charge >= 0.3 is 0 Å². The highest BCUT2D eigenvalue weighted by molar-refractivity contribution is 6.02. The molecule has 0 aliphatic carbocycles. The molecule has 0 radical (unpaired) electrons. The fourth-order valence-electron chi connectivity index (χ4n) is 3.75. The zero-order chi connectivity index (χ0) is 20.7. The van der Waals surface area contributed by atoms with E-state index in [4.69, 9.17) is 5.41 Å². The van der Waals surface area contributed by atoms with Crippen molar-refractivity contribution in [2.75, 3.05) is 7.05 Å². The second kappa shape index (κ2) is 7.00. The number of hydrogen-bond acceptors (Lipinski definition) is 2. The van der Waals surface area contributed by atoms with E-state index in [-0.39, 0.29) is 17.4 Å². The van der Waals surface area contributed by atoms with E-state index in [0.717, 1.165) is 24.5 Å². The van der Waals surface area contributed by atoms with Crippen LogP contribution in [0, 0.1) is 5.41 Å². The predicted molar refractivity (Wildman–Crippen MR) is 106 cm³/mol. The lowest BCUT2D eigenvalue weighted by atomic mass is 9.73. The minimum atomic E-state index is -2.94. The monoisotopic (exact) mass is 385 g/mol. The van der Waals surface area contributed by atoms with E-state index in [1.807, 2.05) is 31.2 Å². The number of alkyl halides is 2. The Morgan fingerprint density at radius 2 is 1.86 bits per heavy atom. The fraction of sp³-hybridized carbons (Fsp3) is 0.364. The molecule has 2 N–H and O–H groups in total. The second-order valence-electron chi connectivity index (χ2n) is 7.57. The van der Waals surface area contributed by atoms with E-state index in [1.165, 1.54) is 17.0 Å². The molecular weight excluding hydrogens is 360 g/mol. The van der Waals surface area contributed by atoms with Crippen LogP contribution in [0.25, 0.3) is 0 Å². The minimum Gasteiger partial charge on any atom is -0.346 e. The summed E-state index contributed by atoms with van der Waals surface area (Å²) in [6, 6.07) is 13.8. The maximum Gasteiger partial charge on any atom is 0.270 e. The normalized spacial score (nSPS) is 22.9. The predicted octanol–water partition coefficient (Wildman–Crippen LogP) is 4.36. The van der Waals surface area contributed by atoms with Crippen LogP contribution in [0.3, 0.4) is 0 Å². The molecule has 1 amide bonds. The maximum atomic E-state index is 13.6. The first-order valence-electron chi connectivity index (χ1n) is 9.30. The molecule has 0 unspecified atom stereocenters. The number of halogens is 2. The molecule has 0 aromatic heterocycles. The molecule has 2 aromatic rings. The van der Waals surface area contributed by atoms with Crippen LogP contribution in [0.15, 0.2) is 48.5 Å². The summed E-state index contributed by atoms with van der Waals surface area (Å²) in [6.07, 6.45) is 0.847. The summed E-state index contributed by atoms with van der Waals surface area (Å²) in [5, 5.41) is 11.4. The van der Waals surface area contributed by atoms with Crippen LogP contribution in [0.4, 0.5) is 8.78 Å². The first kappa shape index (κ1) is 20.0. The van der Waals surface area contributed by atoms with Crippen LogP contribution in [0.2, 0.25) is 0 Å². The Labute approximate surface area is 164 Å². The molecule has 4 nitrogen and oxygen atoms in total. The van der Waals surface area contributed by atoms with Crippen LogP contribution >= 0.6 is 0 Å². The Morgan fingerprint density at radius 1 is 1.21 bits per heavy atom. The number of benzene rings is 2. The van der Waals surface area contributed by atoms with Crippen molar-refractivity contribution in [1.29, 1.82) is 5.41 Å². The average molecular weight is 385 g/mol. The smallest absolute Gasteiger partial charge is 0.270 e. The number of carbonyl (C=O) groups excluding carboxylic acids is 1. The number of nitrogens with one attached hydrogen (secondary N) is 2. The molecule has 1 aliphatic rings. The lowest BCUT2D eigenvalue weighted by molar-refractivity contribution is -0.131. The highest BCUT2D eigenvalue weighted by atomic mass is 19.3. The Kier molecular flexibility index (Phi) is 5.00. The lowest BCUT2D eigenvalue weighted by Crippen LogP contribution is -2.62. The molecular formula is C22H25F2N3O. The summed E-state index contributed by atoms with van der Waals surface area (Å²) in [5.41, 5.74) is 1.67. The van der Waals surface area contributed by atoms with Gasteiger partial charge in [0.2, 0.25) is 5.91 Å². The zero-order valence-corrected chi connectivity index (χ0v) is 16.5. The number of carbonyl (C=O) groups is 1. The Morgan fingerprint density at radius 3 is 2.43 bits per heavy atom. The van der Waals surface area contributed by atoms with Crippen LogP contribution in [0.5, 0.6) is 0 Å².